The normalized spacial score (nSPS) is 21.2. The van der Waals surface area contributed by atoms with Crippen molar-refractivity contribution in [2.45, 2.75) is 6.92 Å². The Morgan fingerprint density at radius 2 is 1.60 bits per heavy atom. The van der Waals surface area contributed by atoms with Crippen molar-refractivity contribution in [2.24, 2.45) is 0 Å². The Bertz CT molecular complexity index is 305. The number of hydrogen-bond acceptors (Lipinski definition) is 7. The molecule has 1 aliphatic heterocycles. The van der Waals surface area contributed by atoms with Gasteiger partial charge in [0.05, 0.1) is 0 Å². The van der Waals surface area contributed by atoms with Crippen molar-refractivity contribution in [3.05, 3.63) is 0 Å². The number of quaternary nitrogens is 1. The van der Waals surface area contributed by atoms with E-state index in [0.29, 0.717) is 0 Å². The minimum absolute atomic E-state index is 0.274. The zero-order chi connectivity index (χ0) is 11.8. The van der Waals surface area contributed by atoms with Crippen LogP contribution in [0.4, 0.5) is 14.4 Å². The molecule has 0 aromatic rings. The highest BCUT2D eigenvalue weighted by Crippen LogP contribution is 2.19. The Hall–Kier alpha value is -1.59. The quantitative estimate of drug-likeness (QED) is 0.439. The number of urea groups is 3. The van der Waals surface area contributed by atoms with Gasteiger partial charge in [0.1, 0.15) is 11.4 Å². The summed E-state index contributed by atoms with van der Waals surface area (Å²) in [6.45, 7) is 1.07. The van der Waals surface area contributed by atoms with Crippen LogP contribution in [-0.2, 0) is 4.84 Å². The molecular formula is C5H8N3O7+. The third-order valence-electron chi connectivity index (χ3n) is 1.56. The molecule has 3 N–H and O–H groups in total. The van der Waals surface area contributed by atoms with Crippen molar-refractivity contribution in [2.75, 3.05) is 6.61 Å². The Balaban J connectivity index is 3.12. The summed E-state index contributed by atoms with van der Waals surface area (Å²) < 4.78 is 0. The lowest BCUT2D eigenvalue weighted by molar-refractivity contribution is -1.14. The molecule has 1 fully saturated rings. The summed E-state index contributed by atoms with van der Waals surface area (Å²) in [4.78, 5) is 34.9. The van der Waals surface area contributed by atoms with Gasteiger partial charge >= 0.3 is 18.1 Å². The first kappa shape index (κ1) is 11.5. The maximum atomic E-state index is 11.1. The highest BCUT2D eigenvalue weighted by Gasteiger charge is 2.62. The van der Waals surface area contributed by atoms with E-state index in [1.165, 1.54) is 6.92 Å². The SMILES string of the molecule is CCO[N+]1(O)C(=O)N(O)C(=O)N(O)C1=O. The van der Waals surface area contributed by atoms with Crippen molar-refractivity contribution in [3.63, 3.8) is 0 Å². The fourth-order valence-electron chi connectivity index (χ4n) is 0.889. The van der Waals surface area contributed by atoms with Crippen LogP contribution in [0.1, 0.15) is 6.92 Å². The maximum absolute atomic E-state index is 11.1. The smallest absolute Gasteiger partial charge is 0.273 e. The van der Waals surface area contributed by atoms with Gasteiger partial charge in [0, 0.05) is 0 Å². The van der Waals surface area contributed by atoms with E-state index in [1.54, 1.807) is 0 Å². The van der Waals surface area contributed by atoms with Crippen molar-refractivity contribution in [1.29, 1.82) is 0 Å². The van der Waals surface area contributed by atoms with Gasteiger partial charge in [-0.15, -0.1) is 4.84 Å². The van der Waals surface area contributed by atoms with Gasteiger partial charge in [-0.25, -0.2) is 4.79 Å². The second-order valence-corrected chi connectivity index (χ2v) is 2.47. The van der Waals surface area contributed by atoms with Crippen LogP contribution in [0, 0.1) is 0 Å². The first-order valence-electron chi connectivity index (χ1n) is 3.73. The van der Waals surface area contributed by atoms with Gasteiger partial charge in [-0.3, -0.25) is 10.4 Å². The monoisotopic (exact) mass is 222 g/mol. The molecule has 1 saturated heterocycles. The molecular weight excluding hydrogens is 214 g/mol. The minimum Gasteiger partial charge on any atom is -0.273 e. The number of nitrogens with zero attached hydrogens (tertiary/aromatic N) is 3. The van der Waals surface area contributed by atoms with Crippen LogP contribution in [0.25, 0.3) is 0 Å². The summed E-state index contributed by atoms with van der Waals surface area (Å²) in [5, 5.41) is 25.7. The average Bonchev–Trinajstić information content (AvgIpc) is 2.22. The number of carbonyl (C=O) groups excluding carboxylic acids is 3. The Morgan fingerprint density at radius 1 is 1.20 bits per heavy atom. The van der Waals surface area contributed by atoms with E-state index in [2.05, 4.69) is 4.84 Å². The van der Waals surface area contributed by atoms with Crippen molar-refractivity contribution < 1.29 is 39.7 Å². The molecule has 0 spiro atoms. The van der Waals surface area contributed by atoms with E-state index in [4.69, 9.17) is 10.4 Å². The van der Waals surface area contributed by atoms with Gasteiger partial charge in [0.25, 0.3) is 0 Å². The van der Waals surface area contributed by atoms with E-state index in [0.717, 1.165) is 0 Å². The van der Waals surface area contributed by atoms with E-state index in [9.17, 15) is 19.6 Å². The van der Waals surface area contributed by atoms with Gasteiger partial charge in [0.2, 0.25) is 0 Å². The molecule has 1 rings (SSSR count). The molecule has 0 radical (unpaired) electrons. The largest absolute Gasteiger partial charge is 0.528 e. The highest BCUT2D eigenvalue weighted by atomic mass is 17.0. The van der Waals surface area contributed by atoms with Crippen molar-refractivity contribution in [3.8, 4) is 0 Å². The predicted molar refractivity (Wildman–Crippen MR) is 37.1 cm³/mol. The topological polar surface area (TPSA) is 128 Å². The lowest BCUT2D eigenvalue weighted by atomic mass is 10.6. The lowest BCUT2D eigenvalue weighted by Crippen LogP contribution is -2.70. The van der Waals surface area contributed by atoms with Gasteiger partial charge in [0.15, 0.2) is 0 Å². The Kier molecular flexibility index (Phi) is 2.70. The maximum Gasteiger partial charge on any atom is 0.528 e. The summed E-state index contributed by atoms with van der Waals surface area (Å²) in [6, 6.07) is -5.18. The molecule has 0 aromatic carbocycles. The van der Waals surface area contributed by atoms with Crippen LogP contribution in [0.2, 0.25) is 0 Å². The van der Waals surface area contributed by atoms with Gasteiger partial charge in [-0.1, -0.05) is 10.1 Å². The third kappa shape index (κ3) is 1.45. The number of rotatable bonds is 2. The molecule has 0 aromatic heterocycles. The molecule has 1 aliphatic rings. The number of hydroxylamine groups is 8. The van der Waals surface area contributed by atoms with Crippen LogP contribution in [0.15, 0.2) is 0 Å². The molecule has 0 bridgehead atoms. The van der Waals surface area contributed by atoms with E-state index in [-0.39, 0.29) is 6.61 Å². The predicted octanol–water partition coefficient (Wildman–Crippen LogP) is -0.100. The molecule has 0 aliphatic carbocycles. The minimum atomic E-state index is -2.37. The number of imide groups is 3. The van der Waals surface area contributed by atoms with Crippen LogP contribution < -0.4 is 0 Å². The summed E-state index contributed by atoms with van der Waals surface area (Å²) in [7, 11) is 0. The number of carbonyl (C=O) groups is 3. The third-order valence-corrected chi connectivity index (χ3v) is 1.56. The van der Waals surface area contributed by atoms with Crippen LogP contribution in [-0.4, -0.2) is 55.3 Å². The summed E-state index contributed by atoms with van der Waals surface area (Å²) in [5.41, 5.74) is 0. The summed E-state index contributed by atoms with van der Waals surface area (Å²) in [6.07, 6.45) is 0. The first-order chi connectivity index (χ1) is 6.86. The molecule has 0 unspecified atom stereocenters. The van der Waals surface area contributed by atoms with Crippen LogP contribution >= 0.6 is 0 Å². The van der Waals surface area contributed by atoms with Crippen LogP contribution in [0.5, 0.6) is 0 Å². The van der Waals surface area contributed by atoms with Crippen molar-refractivity contribution in [1.82, 2.24) is 10.1 Å². The standard InChI is InChI=1S/C5H8N3O7/c1-2-15-8(14)4(10)6(12)3(9)7(13)5(8)11/h12-14H,2H2,1H3/q+1. The zero-order valence-electron chi connectivity index (χ0n) is 7.52. The fraction of sp³-hybridized carbons (Fsp3) is 0.400. The molecule has 0 saturated carbocycles. The summed E-state index contributed by atoms with van der Waals surface area (Å²) >= 11 is 0. The van der Waals surface area contributed by atoms with E-state index in [1.807, 2.05) is 0 Å². The van der Waals surface area contributed by atoms with Crippen LogP contribution in [0.3, 0.4) is 0 Å². The number of hydrogen-bond donors (Lipinski definition) is 3. The second kappa shape index (κ2) is 3.52. The fourth-order valence-corrected chi connectivity index (χ4v) is 0.889. The van der Waals surface area contributed by atoms with Gasteiger partial charge < -0.3 is 0 Å². The molecule has 1 heterocycles. The Labute approximate surface area is 82.5 Å². The molecule has 15 heavy (non-hydrogen) atoms. The highest BCUT2D eigenvalue weighted by molar-refractivity contribution is 6.02. The molecule has 10 nitrogen and oxygen atoms in total. The summed E-state index contributed by atoms with van der Waals surface area (Å²) in [5.74, 6) is 0. The second-order valence-electron chi connectivity index (χ2n) is 2.47. The zero-order valence-corrected chi connectivity index (χ0v) is 7.52. The molecule has 6 amide bonds. The Morgan fingerprint density at radius 3 is 1.93 bits per heavy atom. The van der Waals surface area contributed by atoms with Crippen molar-refractivity contribution >= 4 is 18.1 Å². The van der Waals surface area contributed by atoms with Gasteiger partial charge in [-0.2, -0.15) is 14.8 Å². The average molecular weight is 222 g/mol. The first-order valence-corrected chi connectivity index (χ1v) is 3.73. The number of amides is 6. The lowest BCUT2D eigenvalue weighted by Gasteiger charge is -2.29. The molecule has 10 heteroatoms. The molecule has 0 atom stereocenters. The van der Waals surface area contributed by atoms with Gasteiger partial charge in [-0.05, 0) is 6.92 Å². The van der Waals surface area contributed by atoms with E-state index < -0.39 is 33.0 Å². The van der Waals surface area contributed by atoms with E-state index >= 15 is 0 Å². The molecule has 84 valence electrons.